The fraction of sp³-hybridized carbons (Fsp3) is 0.273. The zero-order valence-corrected chi connectivity index (χ0v) is 18.3. The standard InChI is InChI=1S/C22H22ClN3O3S/c1-25(2)22(27)17-13-20(24-19-9-5-3-7-16(17)19)15-11-12-26(14-15)30(28,29)21-10-6-4-8-18(21)23/h3-10,13,15H,11-12,14H2,1-2H3. The highest BCUT2D eigenvalue weighted by Crippen LogP contribution is 2.34. The topological polar surface area (TPSA) is 70.6 Å². The highest BCUT2D eigenvalue weighted by atomic mass is 35.5. The number of aromatic nitrogens is 1. The fourth-order valence-corrected chi connectivity index (χ4v) is 5.80. The van der Waals surface area contributed by atoms with Crippen LogP contribution in [0.4, 0.5) is 0 Å². The van der Waals surface area contributed by atoms with Gasteiger partial charge in [-0.3, -0.25) is 9.78 Å². The molecule has 1 amide bonds. The number of amides is 1. The molecule has 156 valence electrons. The van der Waals surface area contributed by atoms with Crippen LogP contribution < -0.4 is 0 Å². The second kappa shape index (κ2) is 7.98. The molecule has 6 nitrogen and oxygen atoms in total. The van der Waals surface area contributed by atoms with Crippen LogP contribution in [0.2, 0.25) is 5.02 Å². The second-order valence-corrected chi connectivity index (χ2v) is 9.90. The normalized spacial score (nSPS) is 17.4. The van der Waals surface area contributed by atoms with E-state index in [1.165, 1.54) is 15.3 Å². The van der Waals surface area contributed by atoms with E-state index in [1.807, 2.05) is 24.3 Å². The van der Waals surface area contributed by atoms with Crippen LogP contribution in [0.3, 0.4) is 0 Å². The molecule has 0 saturated carbocycles. The predicted octanol–water partition coefficient (Wildman–Crippen LogP) is 3.77. The van der Waals surface area contributed by atoms with Crippen molar-refractivity contribution in [2.75, 3.05) is 27.2 Å². The van der Waals surface area contributed by atoms with Gasteiger partial charge in [-0.1, -0.05) is 41.9 Å². The van der Waals surface area contributed by atoms with Crippen LogP contribution in [0.5, 0.6) is 0 Å². The number of nitrogens with zero attached hydrogens (tertiary/aromatic N) is 3. The summed E-state index contributed by atoms with van der Waals surface area (Å²) in [6, 6.07) is 15.8. The average molecular weight is 444 g/mol. The van der Waals surface area contributed by atoms with Crippen LogP contribution in [0.15, 0.2) is 59.5 Å². The summed E-state index contributed by atoms with van der Waals surface area (Å²) in [5, 5.41) is 1.00. The average Bonchev–Trinajstić information content (AvgIpc) is 3.24. The van der Waals surface area contributed by atoms with Gasteiger partial charge in [0.05, 0.1) is 16.1 Å². The molecule has 2 aromatic carbocycles. The molecule has 1 saturated heterocycles. The molecule has 0 N–H and O–H groups in total. The molecule has 30 heavy (non-hydrogen) atoms. The van der Waals surface area contributed by atoms with Gasteiger partial charge in [0.1, 0.15) is 4.90 Å². The lowest BCUT2D eigenvalue weighted by Crippen LogP contribution is -2.29. The molecule has 0 spiro atoms. The van der Waals surface area contributed by atoms with Crippen molar-refractivity contribution >= 4 is 38.4 Å². The summed E-state index contributed by atoms with van der Waals surface area (Å²) in [6.07, 6.45) is 0.630. The van der Waals surface area contributed by atoms with E-state index < -0.39 is 10.0 Å². The number of fused-ring (bicyclic) bond motifs is 1. The molecule has 2 heterocycles. The molecule has 1 unspecified atom stereocenters. The molecular formula is C22H22ClN3O3S. The van der Waals surface area contributed by atoms with Crippen LogP contribution in [-0.4, -0.2) is 55.7 Å². The van der Waals surface area contributed by atoms with Crippen molar-refractivity contribution in [2.24, 2.45) is 0 Å². The van der Waals surface area contributed by atoms with Gasteiger partial charge in [0.15, 0.2) is 0 Å². The van der Waals surface area contributed by atoms with E-state index in [-0.39, 0.29) is 21.7 Å². The van der Waals surface area contributed by atoms with E-state index in [1.54, 1.807) is 38.4 Å². The van der Waals surface area contributed by atoms with Gasteiger partial charge in [0, 0.05) is 44.2 Å². The predicted molar refractivity (Wildman–Crippen MR) is 117 cm³/mol. The van der Waals surface area contributed by atoms with Crippen molar-refractivity contribution in [1.82, 2.24) is 14.2 Å². The number of hydrogen-bond donors (Lipinski definition) is 0. The summed E-state index contributed by atoms with van der Waals surface area (Å²) >= 11 is 6.13. The largest absolute Gasteiger partial charge is 0.345 e. The Morgan fingerprint density at radius 1 is 1.13 bits per heavy atom. The first-order valence-electron chi connectivity index (χ1n) is 9.65. The van der Waals surface area contributed by atoms with Crippen LogP contribution in [-0.2, 0) is 10.0 Å². The molecule has 1 aromatic heterocycles. The molecule has 4 rings (SSSR count). The Hall–Kier alpha value is -2.48. The molecular weight excluding hydrogens is 422 g/mol. The summed E-state index contributed by atoms with van der Waals surface area (Å²) in [7, 11) is -0.268. The first kappa shape index (κ1) is 20.8. The Labute approximate surface area is 181 Å². The quantitative estimate of drug-likeness (QED) is 0.615. The number of rotatable bonds is 4. The minimum Gasteiger partial charge on any atom is -0.345 e. The van der Waals surface area contributed by atoms with E-state index in [4.69, 9.17) is 16.6 Å². The summed E-state index contributed by atoms with van der Waals surface area (Å²) < 4.78 is 27.6. The minimum absolute atomic E-state index is 0.0967. The molecule has 0 radical (unpaired) electrons. The lowest BCUT2D eigenvalue weighted by atomic mass is 9.99. The van der Waals surface area contributed by atoms with Gasteiger partial charge >= 0.3 is 0 Å². The molecule has 1 aliphatic rings. The molecule has 1 fully saturated rings. The van der Waals surface area contributed by atoms with Crippen molar-refractivity contribution in [3.8, 4) is 0 Å². The van der Waals surface area contributed by atoms with Crippen LogP contribution in [0.1, 0.15) is 28.4 Å². The zero-order chi connectivity index (χ0) is 21.5. The van der Waals surface area contributed by atoms with Gasteiger partial charge in [0.25, 0.3) is 5.91 Å². The minimum atomic E-state index is -3.69. The van der Waals surface area contributed by atoms with E-state index in [2.05, 4.69) is 0 Å². The fourth-order valence-electron chi connectivity index (χ4n) is 3.80. The first-order valence-corrected chi connectivity index (χ1v) is 11.5. The lowest BCUT2D eigenvalue weighted by molar-refractivity contribution is 0.0829. The van der Waals surface area contributed by atoms with E-state index in [9.17, 15) is 13.2 Å². The van der Waals surface area contributed by atoms with Crippen LogP contribution in [0.25, 0.3) is 10.9 Å². The number of para-hydroxylation sites is 1. The Morgan fingerprint density at radius 3 is 2.57 bits per heavy atom. The molecule has 0 aliphatic carbocycles. The van der Waals surface area contributed by atoms with Gasteiger partial charge in [-0.15, -0.1) is 0 Å². The SMILES string of the molecule is CN(C)C(=O)c1cc(C2CCN(S(=O)(=O)c3ccccc3Cl)C2)nc2ccccc12. The molecule has 0 bridgehead atoms. The third-order valence-corrected chi connectivity index (χ3v) is 7.76. The number of sulfonamides is 1. The van der Waals surface area contributed by atoms with Crippen molar-refractivity contribution in [3.05, 3.63) is 70.9 Å². The second-order valence-electron chi connectivity index (χ2n) is 7.59. The molecule has 3 aromatic rings. The maximum atomic E-state index is 13.1. The van der Waals surface area contributed by atoms with Gasteiger partial charge in [0.2, 0.25) is 10.0 Å². The summed E-state index contributed by atoms with van der Waals surface area (Å²) in [5.41, 5.74) is 2.04. The van der Waals surface area contributed by atoms with E-state index in [0.717, 1.165) is 16.6 Å². The van der Waals surface area contributed by atoms with Crippen molar-refractivity contribution in [2.45, 2.75) is 17.2 Å². The number of pyridine rings is 1. The smallest absolute Gasteiger partial charge is 0.254 e. The highest BCUT2D eigenvalue weighted by molar-refractivity contribution is 7.89. The Bertz CT molecular complexity index is 1230. The van der Waals surface area contributed by atoms with Crippen LogP contribution >= 0.6 is 11.6 Å². The van der Waals surface area contributed by atoms with Crippen molar-refractivity contribution in [3.63, 3.8) is 0 Å². The van der Waals surface area contributed by atoms with Gasteiger partial charge in [-0.2, -0.15) is 4.31 Å². The number of halogens is 1. The monoisotopic (exact) mass is 443 g/mol. The highest BCUT2D eigenvalue weighted by Gasteiger charge is 2.35. The first-order chi connectivity index (χ1) is 14.3. The third-order valence-electron chi connectivity index (χ3n) is 5.40. The van der Waals surface area contributed by atoms with Crippen LogP contribution in [0, 0.1) is 0 Å². The van der Waals surface area contributed by atoms with E-state index in [0.29, 0.717) is 25.1 Å². The molecule has 1 atom stereocenters. The summed E-state index contributed by atoms with van der Waals surface area (Å²) in [6.45, 7) is 0.679. The van der Waals surface area contributed by atoms with Crippen molar-refractivity contribution < 1.29 is 13.2 Å². The molecule has 1 aliphatic heterocycles. The maximum absolute atomic E-state index is 13.1. The van der Waals surface area contributed by atoms with Gasteiger partial charge in [-0.25, -0.2) is 8.42 Å². The third kappa shape index (κ3) is 3.69. The molecule has 8 heteroatoms. The zero-order valence-electron chi connectivity index (χ0n) is 16.7. The summed E-state index contributed by atoms with van der Waals surface area (Å²) in [4.78, 5) is 19.1. The van der Waals surface area contributed by atoms with Gasteiger partial charge < -0.3 is 4.90 Å². The Kier molecular flexibility index (Phi) is 5.53. The number of hydrogen-bond acceptors (Lipinski definition) is 4. The van der Waals surface area contributed by atoms with Crippen molar-refractivity contribution in [1.29, 1.82) is 0 Å². The Balaban J connectivity index is 1.69. The van der Waals surface area contributed by atoms with E-state index >= 15 is 0 Å². The number of benzene rings is 2. The number of carbonyl (C=O) groups is 1. The maximum Gasteiger partial charge on any atom is 0.254 e. The lowest BCUT2D eigenvalue weighted by Gasteiger charge is -2.18. The number of carbonyl (C=O) groups excluding carboxylic acids is 1. The Morgan fingerprint density at radius 2 is 1.83 bits per heavy atom. The van der Waals surface area contributed by atoms with Gasteiger partial charge in [-0.05, 0) is 30.7 Å². The summed E-state index contributed by atoms with van der Waals surface area (Å²) in [5.74, 6) is -0.200.